The molecule has 0 saturated carbocycles. The summed E-state index contributed by atoms with van der Waals surface area (Å²) in [7, 11) is 0. The summed E-state index contributed by atoms with van der Waals surface area (Å²) < 4.78 is 10.6. The fourth-order valence-electron chi connectivity index (χ4n) is 3.20. The van der Waals surface area contributed by atoms with Crippen molar-refractivity contribution in [3.8, 4) is 0 Å². The molecule has 1 fully saturated rings. The largest absolute Gasteiger partial charge is 0.445 e. The Kier molecular flexibility index (Phi) is 9.47. The van der Waals surface area contributed by atoms with Crippen LogP contribution in [0.1, 0.15) is 38.7 Å². The molecule has 164 valence electrons. The number of carbonyl (C=O) groups is 4. The van der Waals surface area contributed by atoms with Crippen LogP contribution >= 0.6 is 0 Å². The van der Waals surface area contributed by atoms with Crippen LogP contribution in [0.2, 0.25) is 0 Å². The molecule has 0 bridgehead atoms. The molecule has 1 heterocycles. The Morgan fingerprint density at radius 2 is 1.93 bits per heavy atom. The van der Waals surface area contributed by atoms with Crippen LogP contribution < -0.4 is 10.6 Å². The molecule has 2 atom stereocenters. The van der Waals surface area contributed by atoms with Gasteiger partial charge in [-0.25, -0.2) is 4.79 Å². The summed E-state index contributed by atoms with van der Waals surface area (Å²) in [6.45, 7) is 4.84. The molecule has 2 unspecified atom stereocenters. The molecule has 2 N–H and O–H groups in total. The summed E-state index contributed by atoms with van der Waals surface area (Å²) in [5.41, 5.74) is 0.835. The Hall–Kier alpha value is -2.74. The van der Waals surface area contributed by atoms with Gasteiger partial charge in [-0.05, 0) is 24.3 Å². The lowest BCUT2D eigenvalue weighted by Gasteiger charge is -2.21. The summed E-state index contributed by atoms with van der Waals surface area (Å²) in [6, 6.07) is 8.42. The first-order valence-corrected chi connectivity index (χ1v) is 10.3. The maximum Gasteiger partial charge on any atom is 0.408 e. The van der Waals surface area contributed by atoms with E-state index in [2.05, 4.69) is 10.6 Å². The van der Waals surface area contributed by atoms with Gasteiger partial charge in [0.15, 0.2) is 5.78 Å². The topological polar surface area (TPSA) is 111 Å². The number of carbonyl (C=O) groups excluding carboxylic acids is 4. The molecule has 0 radical (unpaired) electrons. The molecule has 1 aromatic rings. The molecule has 1 aromatic carbocycles. The van der Waals surface area contributed by atoms with Crippen LogP contribution in [0.3, 0.4) is 0 Å². The smallest absolute Gasteiger partial charge is 0.408 e. The third kappa shape index (κ3) is 7.94. The number of alkyl carbamates (subject to hydrolysis) is 1. The zero-order valence-corrected chi connectivity index (χ0v) is 17.5. The van der Waals surface area contributed by atoms with E-state index in [-0.39, 0.29) is 37.7 Å². The molecule has 0 spiro atoms. The van der Waals surface area contributed by atoms with Crippen LogP contribution in [0.25, 0.3) is 0 Å². The molecular formula is C22H30N2O6. The Balaban J connectivity index is 1.98. The highest BCUT2D eigenvalue weighted by Gasteiger charge is 2.31. The number of Topliss-reactive ketones (excluding diaryl/α,β-unsaturated/α-hetero) is 2. The molecule has 1 saturated heterocycles. The van der Waals surface area contributed by atoms with Gasteiger partial charge < -0.3 is 20.1 Å². The number of hydrogen-bond donors (Lipinski definition) is 2. The Bertz CT molecular complexity index is 734. The van der Waals surface area contributed by atoms with Crippen molar-refractivity contribution >= 4 is 23.6 Å². The minimum absolute atomic E-state index is 0.0912. The van der Waals surface area contributed by atoms with Gasteiger partial charge in [-0.3, -0.25) is 14.4 Å². The quantitative estimate of drug-likeness (QED) is 0.625. The predicted octanol–water partition coefficient (Wildman–Crippen LogP) is 2.01. The SMILES string of the molecule is CC(C)CC(NC(=O)OCc1ccccc1)C(=O)CC1CCOCCNC(=O)C1=O. The first-order chi connectivity index (χ1) is 14.4. The second-order valence-electron chi connectivity index (χ2n) is 7.78. The van der Waals surface area contributed by atoms with E-state index in [0.717, 1.165) is 5.56 Å². The van der Waals surface area contributed by atoms with Crippen LogP contribution in [0.5, 0.6) is 0 Å². The van der Waals surface area contributed by atoms with E-state index < -0.39 is 29.7 Å². The highest BCUT2D eigenvalue weighted by atomic mass is 16.5. The summed E-state index contributed by atoms with van der Waals surface area (Å²) in [4.78, 5) is 49.4. The van der Waals surface area contributed by atoms with Gasteiger partial charge in [-0.2, -0.15) is 0 Å². The van der Waals surface area contributed by atoms with Crippen LogP contribution in [0.15, 0.2) is 30.3 Å². The average molecular weight is 418 g/mol. The van der Waals surface area contributed by atoms with Crippen LogP contribution in [0.4, 0.5) is 4.79 Å². The van der Waals surface area contributed by atoms with Gasteiger partial charge in [0, 0.05) is 25.5 Å². The fraction of sp³-hybridized carbons (Fsp3) is 0.545. The van der Waals surface area contributed by atoms with Crippen molar-refractivity contribution in [2.45, 2.75) is 45.8 Å². The molecule has 1 aliphatic heterocycles. The fourth-order valence-corrected chi connectivity index (χ4v) is 3.20. The lowest BCUT2D eigenvalue weighted by molar-refractivity contribution is -0.141. The molecule has 2 rings (SSSR count). The van der Waals surface area contributed by atoms with Crippen molar-refractivity contribution in [2.24, 2.45) is 11.8 Å². The maximum absolute atomic E-state index is 12.9. The first-order valence-electron chi connectivity index (χ1n) is 10.3. The summed E-state index contributed by atoms with van der Waals surface area (Å²) in [5, 5.41) is 5.11. The van der Waals surface area contributed by atoms with E-state index in [1.54, 1.807) is 0 Å². The zero-order valence-electron chi connectivity index (χ0n) is 17.5. The van der Waals surface area contributed by atoms with Crippen molar-refractivity contribution in [1.29, 1.82) is 0 Å². The van der Waals surface area contributed by atoms with Crippen LogP contribution in [0, 0.1) is 11.8 Å². The molecule has 0 aliphatic carbocycles. The number of ether oxygens (including phenoxy) is 2. The molecule has 2 amide bonds. The van der Waals surface area contributed by atoms with Gasteiger partial charge >= 0.3 is 6.09 Å². The number of rotatable bonds is 8. The second kappa shape index (κ2) is 12.1. The van der Waals surface area contributed by atoms with Crippen LogP contribution in [-0.4, -0.2) is 49.4 Å². The second-order valence-corrected chi connectivity index (χ2v) is 7.78. The monoisotopic (exact) mass is 418 g/mol. The number of ketones is 2. The lowest BCUT2D eigenvalue weighted by Crippen LogP contribution is -2.44. The highest BCUT2D eigenvalue weighted by Crippen LogP contribution is 2.17. The van der Waals surface area contributed by atoms with Gasteiger partial charge in [-0.1, -0.05) is 44.2 Å². The lowest BCUT2D eigenvalue weighted by atomic mass is 9.89. The average Bonchev–Trinajstić information content (AvgIpc) is 2.79. The van der Waals surface area contributed by atoms with Crippen LogP contribution in [-0.2, 0) is 30.5 Å². The third-order valence-electron chi connectivity index (χ3n) is 4.79. The van der Waals surface area contributed by atoms with Gasteiger partial charge in [0.1, 0.15) is 6.61 Å². The van der Waals surface area contributed by atoms with E-state index in [1.807, 2.05) is 44.2 Å². The molecule has 1 aliphatic rings. The normalized spacial score (nSPS) is 18.6. The van der Waals surface area contributed by atoms with Gasteiger partial charge in [-0.15, -0.1) is 0 Å². The van der Waals surface area contributed by atoms with E-state index in [9.17, 15) is 19.2 Å². The van der Waals surface area contributed by atoms with Gasteiger partial charge in [0.05, 0.1) is 12.6 Å². The number of hydrogen-bond acceptors (Lipinski definition) is 6. The summed E-state index contributed by atoms with van der Waals surface area (Å²) in [6.07, 6.45) is -0.139. The minimum Gasteiger partial charge on any atom is -0.445 e. The van der Waals surface area contributed by atoms with Crippen molar-refractivity contribution in [2.75, 3.05) is 19.8 Å². The standard InChI is InChI=1S/C22H30N2O6/c1-15(2)12-18(24-22(28)30-14-16-6-4-3-5-7-16)19(25)13-17-8-10-29-11-9-23-21(27)20(17)26/h3-7,15,17-18H,8-14H2,1-2H3,(H,23,27)(H,24,28). The van der Waals surface area contributed by atoms with Crippen molar-refractivity contribution < 1.29 is 28.7 Å². The maximum atomic E-state index is 12.9. The molecule has 0 aromatic heterocycles. The van der Waals surface area contributed by atoms with Crippen molar-refractivity contribution in [1.82, 2.24) is 10.6 Å². The third-order valence-corrected chi connectivity index (χ3v) is 4.79. The number of nitrogens with one attached hydrogen (secondary N) is 2. The predicted molar refractivity (Wildman–Crippen MR) is 110 cm³/mol. The van der Waals surface area contributed by atoms with Crippen molar-refractivity contribution in [3.05, 3.63) is 35.9 Å². The molecular weight excluding hydrogens is 388 g/mol. The minimum atomic E-state index is -0.794. The molecule has 8 heteroatoms. The Labute approximate surface area is 176 Å². The highest BCUT2D eigenvalue weighted by molar-refractivity contribution is 6.37. The number of benzene rings is 1. The number of amides is 2. The van der Waals surface area contributed by atoms with Crippen molar-refractivity contribution in [3.63, 3.8) is 0 Å². The Morgan fingerprint density at radius 1 is 1.20 bits per heavy atom. The zero-order chi connectivity index (χ0) is 21.9. The summed E-state index contributed by atoms with van der Waals surface area (Å²) in [5.74, 6) is -2.26. The summed E-state index contributed by atoms with van der Waals surface area (Å²) >= 11 is 0. The van der Waals surface area contributed by atoms with E-state index in [0.29, 0.717) is 19.6 Å². The first kappa shape index (κ1) is 23.5. The Morgan fingerprint density at radius 3 is 2.63 bits per heavy atom. The van der Waals surface area contributed by atoms with E-state index in [4.69, 9.17) is 9.47 Å². The molecule has 30 heavy (non-hydrogen) atoms. The van der Waals surface area contributed by atoms with Gasteiger partial charge in [0.25, 0.3) is 5.91 Å². The van der Waals surface area contributed by atoms with E-state index >= 15 is 0 Å². The van der Waals surface area contributed by atoms with Gasteiger partial charge in [0.2, 0.25) is 5.78 Å². The van der Waals surface area contributed by atoms with E-state index in [1.165, 1.54) is 0 Å². The molecule has 8 nitrogen and oxygen atoms in total.